The molecule has 3 heteroatoms. The van der Waals surface area contributed by atoms with Gasteiger partial charge >= 0.3 is 6.09 Å². The number of hydrogen-bond acceptors (Lipinski definition) is 1. The smallest absolute Gasteiger partial charge is 0.405 e. The minimum atomic E-state index is -0.939. The van der Waals surface area contributed by atoms with Crippen molar-refractivity contribution < 1.29 is 9.90 Å². The molecule has 0 saturated carbocycles. The SMILES string of the molecule is CCC(C)(CC)NC(=O)O. The van der Waals surface area contributed by atoms with Gasteiger partial charge in [0.1, 0.15) is 0 Å². The summed E-state index contributed by atoms with van der Waals surface area (Å²) in [5.74, 6) is 0. The Morgan fingerprint density at radius 3 is 2.00 bits per heavy atom. The van der Waals surface area contributed by atoms with Crippen LogP contribution in [0.15, 0.2) is 0 Å². The normalized spacial score (nSPS) is 11.1. The van der Waals surface area contributed by atoms with Crippen molar-refractivity contribution >= 4 is 6.09 Å². The highest BCUT2D eigenvalue weighted by molar-refractivity contribution is 5.65. The van der Waals surface area contributed by atoms with Gasteiger partial charge in [-0.1, -0.05) is 13.8 Å². The second-order valence-corrected chi connectivity index (χ2v) is 2.70. The van der Waals surface area contributed by atoms with Crippen LogP contribution >= 0.6 is 0 Å². The number of rotatable bonds is 3. The summed E-state index contributed by atoms with van der Waals surface area (Å²) in [6, 6.07) is 0. The van der Waals surface area contributed by atoms with Gasteiger partial charge in [0.15, 0.2) is 0 Å². The molecule has 0 aliphatic rings. The van der Waals surface area contributed by atoms with Gasteiger partial charge in [-0.15, -0.1) is 0 Å². The first-order valence-electron chi connectivity index (χ1n) is 3.55. The van der Waals surface area contributed by atoms with Gasteiger partial charge in [-0.25, -0.2) is 4.79 Å². The Balaban J connectivity index is 3.92. The molecule has 0 atom stereocenters. The first kappa shape index (κ1) is 9.27. The predicted molar refractivity (Wildman–Crippen MR) is 40.1 cm³/mol. The van der Waals surface area contributed by atoms with Crippen molar-refractivity contribution in [2.45, 2.75) is 39.2 Å². The van der Waals surface area contributed by atoms with Crippen LogP contribution in [0.3, 0.4) is 0 Å². The van der Waals surface area contributed by atoms with Gasteiger partial charge in [0, 0.05) is 5.54 Å². The van der Waals surface area contributed by atoms with Crippen LogP contribution in [0.2, 0.25) is 0 Å². The van der Waals surface area contributed by atoms with E-state index < -0.39 is 6.09 Å². The molecule has 0 radical (unpaired) electrons. The predicted octanol–water partition coefficient (Wildman–Crippen LogP) is 1.83. The Hall–Kier alpha value is -0.730. The fourth-order valence-corrected chi connectivity index (χ4v) is 0.685. The maximum Gasteiger partial charge on any atom is 0.405 e. The lowest BCUT2D eigenvalue weighted by molar-refractivity contribution is 0.177. The summed E-state index contributed by atoms with van der Waals surface area (Å²) in [7, 11) is 0. The first-order valence-corrected chi connectivity index (χ1v) is 3.55. The van der Waals surface area contributed by atoms with E-state index >= 15 is 0 Å². The minimum absolute atomic E-state index is 0.244. The Kier molecular flexibility index (Phi) is 3.19. The fourth-order valence-electron chi connectivity index (χ4n) is 0.685. The summed E-state index contributed by atoms with van der Waals surface area (Å²) < 4.78 is 0. The quantitative estimate of drug-likeness (QED) is 0.636. The zero-order valence-corrected chi connectivity index (χ0v) is 6.77. The maximum atomic E-state index is 10.2. The highest BCUT2D eigenvalue weighted by Gasteiger charge is 2.20. The number of amides is 1. The van der Waals surface area contributed by atoms with E-state index in [1.54, 1.807) is 0 Å². The summed E-state index contributed by atoms with van der Waals surface area (Å²) in [6.45, 7) is 5.85. The van der Waals surface area contributed by atoms with Gasteiger partial charge in [-0.2, -0.15) is 0 Å². The van der Waals surface area contributed by atoms with Crippen LogP contribution in [0.5, 0.6) is 0 Å². The van der Waals surface area contributed by atoms with E-state index in [0.717, 1.165) is 12.8 Å². The van der Waals surface area contributed by atoms with Gasteiger partial charge in [0.25, 0.3) is 0 Å². The zero-order chi connectivity index (χ0) is 8.20. The molecule has 1 amide bonds. The second kappa shape index (κ2) is 3.44. The molecule has 2 N–H and O–H groups in total. The van der Waals surface area contributed by atoms with Crippen LogP contribution in [-0.4, -0.2) is 16.7 Å². The van der Waals surface area contributed by atoms with Gasteiger partial charge in [0.05, 0.1) is 0 Å². The Bertz CT molecular complexity index is 119. The lowest BCUT2D eigenvalue weighted by Crippen LogP contribution is -2.44. The molecular formula is C7H15NO2. The number of carbonyl (C=O) groups is 1. The highest BCUT2D eigenvalue weighted by atomic mass is 16.4. The summed E-state index contributed by atoms with van der Waals surface area (Å²) in [6.07, 6.45) is 0.720. The molecule has 0 aromatic heterocycles. The summed E-state index contributed by atoms with van der Waals surface area (Å²) in [5.41, 5.74) is -0.244. The average Bonchev–Trinajstić information content (AvgIpc) is 1.87. The van der Waals surface area contributed by atoms with E-state index in [9.17, 15) is 4.79 Å². The van der Waals surface area contributed by atoms with Crippen LogP contribution in [0.1, 0.15) is 33.6 Å². The zero-order valence-electron chi connectivity index (χ0n) is 6.77. The largest absolute Gasteiger partial charge is 0.465 e. The second-order valence-electron chi connectivity index (χ2n) is 2.70. The van der Waals surface area contributed by atoms with E-state index in [4.69, 9.17) is 5.11 Å². The molecule has 3 nitrogen and oxygen atoms in total. The minimum Gasteiger partial charge on any atom is -0.465 e. The molecule has 0 saturated heterocycles. The molecule has 0 aromatic rings. The molecule has 0 aromatic carbocycles. The van der Waals surface area contributed by atoms with Crippen molar-refractivity contribution in [3.8, 4) is 0 Å². The van der Waals surface area contributed by atoms with E-state index in [-0.39, 0.29) is 5.54 Å². The molecule has 0 unspecified atom stereocenters. The van der Waals surface area contributed by atoms with Gasteiger partial charge < -0.3 is 10.4 Å². The van der Waals surface area contributed by atoms with Crippen LogP contribution in [-0.2, 0) is 0 Å². The van der Waals surface area contributed by atoms with E-state index in [0.29, 0.717) is 0 Å². The average molecular weight is 145 g/mol. The number of nitrogens with one attached hydrogen (secondary N) is 1. The topological polar surface area (TPSA) is 49.3 Å². The molecule has 60 valence electrons. The molecule has 0 aliphatic carbocycles. The molecule has 0 bridgehead atoms. The first-order chi connectivity index (χ1) is 4.54. The number of hydrogen-bond donors (Lipinski definition) is 2. The molecule has 0 aliphatic heterocycles. The van der Waals surface area contributed by atoms with E-state index in [1.165, 1.54) is 0 Å². The van der Waals surface area contributed by atoms with Gasteiger partial charge in [-0.05, 0) is 19.8 Å². The third kappa shape index (κ3) is 2.71. The van der Waals surface area contributed by atoms with Crippen LogP contribution in [0, 0.1) is 0 Å². The summed E-state index contributed by atoms with van der Waals surface area (Å²) in [5, 5.41) is 10.9. The Labute approximate surface area is 61.4 Å². The van der Waals surface area contributed by atoms with Crippen molar-refractivity contribution in [1.29, 1.82) is 0 Å². The third-order valence-electron chi connectivity index (χ3n) is 1.97. The number of carboxylic acid groups (broad SMARTS) is 1. The van der Waals surface area contributed by atoms with Gasteiger partial charge in [0.2, 0.25) is 0 Å². The van der Waals surface area contributed by atoms with E-state index in [2.05, 4.69) is 5.32 Å². The van der Waals surface area contributed by atoms with Crippen LogP contribution in [0.4, 0.5) is 4.79 Å². The van der Waals surface area contributed by atoms with Crippen molar-refractivity contribution in [1.82, 2.24) is 5.32 Å². The standard InChI is InChI=1S/C7H15NO2/c1-4-7(3,5-2)8-6(9)10/h8H,4-5H2,1-3H3,(H,9,10). The van der Waals surface area contributed by atoms with Crippen molar-refractivity contribution in [3.63, 3.8) is 0 Å². The fraction of sp³-hybridized carbons (Fsp3) is 0.857. The molecule has 0 heterocycles. The molecular weight excluding hydrogens is 130 g/mol. The lowest BCUT2D eigenvalue weighted by atomic mass is 9.96. The Morgan fingerprint density at radius 2 is 1.90 bits per heavy atom. The maximum absolute atomic E-state index is 10.2. The molecule has 10 heavy (non-hydrogen) atoms. The van der Waals surface area contributed by atoms with Crippen molar-refractivity contribution in [2.75, 3.05) is 0 Å². The van der Waals surface area contributed by atoms with Crippen LogP contribution in [0.25, 0.3) is 0 Å². The summed E-state index contributed by atoms with van der Waals surface area (Å²) in [4.78, 5) is 10.2. The van der Waals surface area contributed by atoms with Crippen LogP contribution < -0.4 is 5.32 Å². The van der Waals surface area contributed by atoms with Crippen molar-refractivity contribution in [3.05, 3.63) is 0 Å². The Morgan fingerprint density at radius 1 is 1.50 bits per heavy atom. The van der Waals surface area contributed by atoms with Crippen molar-refractivity contribution in [2.24, 2.45) is 0 Å². The summed E-state index contributed by atoms with van der Waals surface area (Å²) >= 11 is 0. The molecule has 0 fully saturated rings. The monoisotopic (exact) mass is 145 g/mol. The molecule has 0 rings (SSSR count). The third-order valence-corrected chi connectivity index (χ3v) is 1.97. The van der Waals surface area contributed by atoms with E-state index in [1.807, 2.05) is 20.8 Å². The lowest BCUT2D eigenvalue weighted by Gasteiger charge is -2.26. The molecule has 0 spiro atoms. The highest BCUT2D eigenvalue weighted by Crippen LogP contribution is 2.12. The van der Waals surface area contributed by atoms with Gasteiger partial charge in [-0.3, -0.25) is 0 Å².